The van der Waals surface area contributed by atoms with Crippen molar-refractivity contribution in [1.29, 1.82) is 0 Å². The molecule has 3 rings (SSSR count). The molecule has 7 heteroatoms. The number of carbonyl (C=O) groups excluding carboxylic acids is 1. The van der Waals surface area contributed by atoms with Gasteiger partial charge in [0.2, 0.25) is 11.8 Å². The van der Waals surface area contributed by atoms with Crippen molar-refractivity contribution >= 4 is 5.91 Å². The number of nitrogens with one attached hydrogen (secondary N) is 1. The smallest absolute Gasteiger partial charge is 0.240 e. The first-order chi connectivity index (χ1) is 13.1. The molecule has 0 spiro atoms. The highest BCUT2D eigenvalue weighted by atomic mass is 16.5. The number of aromatic nitrogens is 2. The van der Waals surface area contributed by atoms with E-state index < -0.39 is 0 Å². The Morgan fingerprint density at radius 3 is 2.67 bits per heavy atom. The molecule has 0 saturated carbocycles. The highest BCUT2D eigenvalue weighted by Gasteiger charge is 2.21. The molecule has 1 aromatic heterocycles. The number of hydrogen-bond acceptors (Lipinski definition) is 6. The van der Waals surface area contributed by atoms with Gasteiger partial charge in [0.1, 0.15) is 0 Å². The molecular formula is C20H33N5O2. The molecule has 2 heterocycles. The molecule has 1 aromatic rings. The Balaban J connectivity index is 1.31. The molecule has 0 bridgehead atoms. The lowest BCUT2D eigenvalue weighted by Gasteiger charge is -2.33. The number of hydrogen-bond donors (Lipinski definition) is 1. The number of piperazine rings is 1. The molecule has 1 saturated heterocycles. The monoisotopic (exact) mass is 375 g/mol. The second-order valence-corrected chi connectivity index (χ2v) is 7.96. The molecule has 1 aliphatic heterocycles. The maximum absolute atomic E-state index is 12.2. The van der Waals surface area contributed by atoms with Gasteiger partial charge in [-0.25, -0.2) is 0 Å². The quantitative estimate of drug-likeness (QED) is 0.703. The largest absolute Gasteiger partial charge is 0.355 e. The van der Waals surface area contributed by atoms with E-state index in [1.54, 1.807) is 0 Å². The topological polar surface area (TPSA) is 74.5 Å². The Bertz CT molecular complexity index is 632. The minimum absolute atomic E-state index is 0.137. The van der Waals surface area contributed by atoms with E-state index in [1.807, 2.05) is 0 Å². The summed E-state index contributed by atoms with van der Waals surface area (Å²) in [6.07, 6.45) is 8.37. The summed E-state index contributed by atoms with van der Waals surface area (Å²) in [4.78, 5) is 21.1. The molecule has 1 aliphatic carbocycles. The van der Waals surface area contributed by atoms with Crippen LogP contribution in [0.15, 0.2) is 16.2 Å². The van der Waals surface area contributed by atoms with Gasteiger partial charge in [-0.15, -0.1) is 0 Å². The first kappa shape index (κ1) is 20.0. The van der Waals surface area contributed by atoms with Crippen molar-refractivity contribution in [1.82, 2.24) is 25.3 Å². The average Bonchev–Trinajstić information content (AvgIpc) is 3.13. The van der Waals surface area contributed by atoms with E-state index in [2.05, 4.69) is 45.2 Å². The van der Waals surface area contributed by atoms with E-state index in [0.29, 0.717) is 19.0 Å². The Labute approximate surface area is 162 Å². The number of rotatable bonds is 8. The number of nitrogens with zero attached hydrogens (tertiary/aromatic N) is 4. The van der Waals surface area contributed by atoms with Crippen LogP contribution in [0.5, 0.6) is 0 Å². The summed E-state index contributed by atoms with van der Waals surface area (Å²) in [5.41, 5.74) is 1.51. The third kappa shape index (κ3) is 6.43. The van der Waals surface area contributed by atoms with E-state index in [4.69, 9.17) is 4.52 Å². The summed E-state index contributed by atoms with van der Waals surface area (Å²) in [6.45, 7) is 9.68. The Morgan fingerprint density at radius 1 is 1.22 bits per heavy atom. The zero-order valence-electron chi connectivity index (χ0n) is 16.7. The van der Waals surface area contributed by atoms with Gasteiger partial charge in [-0.3, -0.25) is 14.6 Å². The van der Waals surface area contributed by atoms with E-state index >= 15 is 0 Å². The standard InChI is InChI=1S/C20H33N5O2/c1-16(2)20-22-19(27-23-20)15-25-12-10-24(11-13-25)14-18(26)21-9-8-17-6-4-3-5-7-17/h6,16H,3-5,7-15H2,1-2H3,(H,21,26). The lowest BCUT2D eigenvalue weighted by molar-refractivity contribution is -0.122. The predicted molar refractivity (Wildman–Crippen MR) is 104 cm³/mol. The summed E-state index contributed by atoms with van der Waals surface area (Å²) < 4.78 is 5.33. The van der Waals surface area contributed by atoms with Gasteiger partial charge in [0.15, 0.2) is 5.82 Å². The first-order valence-corrected chi connectivity index (χ1v) is 10.3. The van der Waals surface area contributed by atoms with Gasteiger partial charge in [0.25, 0.3) is 0 Å². The molecule has 1 amide bonds. The second-order valence-electron chi connectivity index (χ2n) is 7.96. The van der Waals surface area contributed by atoms with Crippen molar-refractivity contribution < 1.29 is 9.32 Å². The van der Waals surface area contributed by atoms with Gasteiger partial charge in [0.05, 0.1) is 13.1 Å². The van der Waals surface area contributed by atoms with E-state index in [1.165, 1.54) is 31.3 Å². The second kappa shape index (κ2) is 9.99. The number of carbonyl (C=O) groups is 1. The molecule has 0 atom stereocenters. The third-order valence-corrected chi connectivity index (χ3v) is 5.34. The lowest BCUT2D eigenvalue weighted by atomic mass is 9.97. The van der Waals surface area contributed by atoms with Crippen molar-refractivity contribution in [3.63, 3.8) is 0 Å². The van der Waals surface area contributed by atoms with E-state index in [9.17, 15) is 4.79 Å². The van der Waals surface area contributed by atoms with Gasteiger partial charge < -0.3 is 9.84 Å². The zero-order chi connectivity index (χ0) is 19.1. The average molecular weight is 376 g/mol. The van der Waals surface area contributed by atoms with E-state index in [0.717, 1.165) is 45.0 Å². The molecular weight excluding hydrogens is 342 g/mol. The Hall–Kier alpha value is -1.73. The lowest BCUT2D eigenvalue weighted by Crippen LogP contribution is -2.49. The SMILES string of the molecule is CC(C)c1noc(CN2CCN(CC(=O)NCCC3=CCCCC3)CC2)n1. The summed E-state index contributed by atoms with van der Waals surface area (Å²) in [6, 6.07) is 0. The van der Waals surface area contributed by atoms with Gasteiger partial charge in [-0.1, -0.05) is 30.7 Å². The summed E-state index contributed by atoms with van der Waals surface area (Å²) in [5.74, 6) is 1.87. The van der Waals surface area contributed by atoms with E-state index in [-0.39, 0.29) is 11.8 Å². The predicted octanol–water partition coefficient (Wildman–Crippen LogP) is 2.32. The fraction of sp³-hybridized carbons (Fsp3) is 0.750. The fourth-order valence-electron chi connectivity index (χ4n) is 3.62. The highest BCUT2D eigenvalue weighted by molar-refractivity contribution is 5.78. The molecule has 0 radical (unpaired) electrons. The fourth-order valence-corrected chi connectivity index (χ4v) is 3.62. The molecule has 0 unspecified atom stereocenters. The Morgan fingerprint density at radius 2 is 2.00 bits per heavy atom. The minimum atomic E-state index is 0.137. The van der Waals surface area contributed by atoms with Crippen molar-refractivity contribution in [2.75, 3.05) is 39.3 Å². The van der Waals surface area contributed by atoms with Crippen LogP contribution in [0.2, 0.25) is 0 Å². The number of allylic oxidation sites excluding steroid dienone is 1. The van der Waals surface area contributed by atoms with Crippen LogP contribution >= 0.6 is 0 Å². The molecule has 150 valence electrons. The molecule has 1 N–H and O–H groups in total. The molecule has 1 fully saturated rings. The third-order valence-electron chi connectivity index (χ3n) is 5.34. The summed E-state index contributed by atoms with van der Waals surface area (Å²) in [7, 11) is 0. The summed E-state index contributed by atoms with van der Waals surface area (Å²) >= 11 is 0. The Kier molecular flexibility index (Phi) is 7.41. The molecule has 27 heavy (non-hydrogen) atoms. The maximum atomic E-state index is 12.2. The van der Waals surface area contributed by atoms with Crippen molar-refractivity contribution in [2.45, 2.75) is 58.4 Å². The van der Waals surface area contributed by atoms with Crippen LogP contribution in [0.1, 0.15) is 63.6 Å². The van der Waals surface area contributed by atoms with Gasteiger partial charge in [0, 0.05) is 38.6 Å². The van der Waals surface area contributed by atoms with Crippen molar-refractivity contribution in [3.8, 4) is 0 Å². The highest BCUT2D eigenvalue weighted by Crippen LogP contribution is 2.19. The van der Waals surface area contributed by atoms with Crippen LogP contribution in [0.3, 0.4) is 0 Å². The molecule has 2 aliphatic rings. The van der Waals surface area contributed by atoms with Crippen molar-refractivity contribution in [2.24, 2.45) is 0 Å². The van der Waals surface area contributed by atoms with Crippen LogP contribution in [0.25, 0.3) is 0 Å². The van der Waals surface area contributed by atoms with Crippen LogP contribution in [-0.4, -0.2) is 65.1 Å². The normalized spacial score (nSPS) is 19.3. The van der Waals surface area contributed by atoms with Crippen molar-refractivity contribution in [3.05, 3.63) is 23.4 Å². The van der Waals surface area contributed by atoms with Crippen LogP contribution in [0.4, 0.5) is 0 Å². The maximum Gasteiger partial charge on any atom is 0.240 e. The van der Waals surface area contributed by atoms with Gasteiger partial charge in [-0.2, -0.15) is 4.98 Å². The summed E-state index contributed by atoms with van der Waals surface area (Å²) in [5, 5.41) is 7.09. The first-order valence-electron chi connectivity index (χ1n) is 10.3. The van der Waals surface area contributed by atoms with Crippen LogP contribution in [0, 0.1) is 0 Å². The van der Waals surface area contributed by atoms with Crippen LogP contribution in [-0.2, 0) is 11.3 Å². The zero-order valence-corrected chi connectivity index (χ0v) is 16.7. The van der Waals surface area contributed by atoms with Crippen LogP contribution < -0.4 is 5.32 Å². The van der Waals surface area contributed by atoms with Gasteiger partial charge >= 0.3 is 0 Å². The molecule has 7 nitrogen and oxygen atoms in total. The van der Waals surface area contributed by atoms with Gasteiger partial charge in [-0.05, 0) is 32.1 Å². The minimum Gasteiger partial charge on any atom is -0.355 e. The number of amides is 1. The molecule has 0 aromatic carbocycles.